The number of nitrogens with one attached hydrogen (secondary N) is 1. The number of methoxy groups -OCH3 is 2. The number of hydrogen-bond acceptors (Lipinski definition) is 4. The Morgan fingerprint density at radius 1 is 1.04 bits per heavy atom. The van der Waals surface area contributed by atoms with Crippen LogP contribution in [0.25, 0.3) is 0 Å². The summed E-state index contributed by atoms with van der Waals surface area (Å²) in [5.41, 5.74) is 4.55. The number of ether oxygens (including phenoxy) is 2. The predicted octanol–water partition coefficient (Wildman–Crippen LogP) is 4.74. The van der Waals surface area contributed by atoms with Crippen LogP contribution in [-0.2, 0) is 11.8 Å². The highest BCUT2D eigenvalue weighted by Gasteiger charge is 2.43. The van der Waals surface area contributed by atoms with E-state index in [0.717, 1.165) is 23.6 Å². The van der Waals surface area contributed by atoms with Gasteiger partial charge in [-0.25, -0.2) is 0 Å². The molecule has 1 unspecified atom stereocenters. The van der Waals surface area contributed by atoms with Gasteiger partial charge in [-0.3, -0.25) is 0 Å². The van der Waals surface area contributed by atoms with Gasteiger partial charge in [0.05, 0.1) is 14.2 Å². The molecular weight excluding hydrogens is 336 g/mol. The van der Waals surface area contributed by atoms with Crippen molar-refractivity contribution >= 4 is 11.9 Å². The molecule has 1 heterocycles. The third kappa shape index (κ3) is 3.35. The van der Waals surface area contributed by atoms with E-state index in [1.54, 1.807) is 20.3 Å². The molecule has 0 saturated carbocycles. The van der Waals surface area contributed by atoms with Crippen LogP contribution < -0.4 is 14.4 Å². The fraction of sp³-hybridized carbons (Fsp3) is 0.261. The van der Waals surface area contributed by atoms with Gasteiger partial charge in [-0.2, -0.15) is 0 Å². The maximum absolute atomic E-state index is 7.25. The van der Waals surface area contributed by atoms with Crippen molar-refractivity contribution in [1.29, 1.82) is 5.41 Å². The largest absolute Gasteiger partial charge is 0.493 e. The van der Waals surface area contributed by atoms with Crippen LogP contribution in [0.3, 0.4) is 0 Å². The Bertz CT molecular complexity index is 887. The third-order valence-corrected chi connectivity index (χ3v) is 5.25. The SMILES string of the molecule is COc1cc2c(cc1OC)C(C)(Cc1ccccc1)/C(=C/C=C/C=N)N2C. The van der Waals surface area contributed by atoms with Gasteiger partial charge in [0, 0.05) is 36.1 Å². The Morgan fingerprint density at radius 2 is 1.70 bits per heavy atom. The molecule has 1 aliphatic heterocycles. The first-order valence-electron chi connectivity index (χ1n) is 8.97. The number of hydrogen-bond donors (Lipinski definition) is 1. The number of nitrogens with zero attached hydrogens (tertiary/aromatic N) is 1. The van der Waals surface area contributed by atoms with E-state index in [2.05, 4.69) is 55.3 Å². The molecule has 2 aromatic carbocycles. The molecule has 0 amide bonds. The number of likely N-dealkylation sites (N-methyl/N-ethyl adjacent to an activating group) is 1. The second-order valence-electron chi connectivity index (χ2n) is 6.88. The monoisotopic (exact) mass is 362 g/mol. The second kappa shape index (κ2) is 7.70. The first-order chi connectivity index (χ1) is 13.0. The van der Waals surface area contributed by atoms with E-state index in [0.29, 0.717) is 0 Å². The van der Waals surface area contributed by atoms with E-state index in [1.165, 1.54) is 23.0 Å². The molecule has 0 saturated heterocycles. The molecule has 1 N–H and O–H groups in total. The zero-order valence-electron chi connectivity index (χ0n) is 16.3. The Kier molecular flexibility index (Phi) is 5.36. The van der Waals surface area contributed by atoms with Gasteiger partial charge in [-0.15, -0.1) is 0 Å². The van der Waals surface area contributed by atoms with Crippen molar-refractivity contribution in [3.8, 4) is 11.5 Å². The fourth-order valence-corrected chi connectivity index (χ4v) is 3.91. The van der Waals surface area contributed by atoms with E-state index in [-0.39, 0.29) is 5.41 Å². The minimum absolute atomic E-state index is 0.225. The topological polar surface area (TPSA) is 45.6 Å². The highest BCUT2D eigenvalue weighted by atomic mass is 16.5. The first-order valence-corrected chi connectivity index (χ1v) is 8.97. The maximum Gasteiger partial charge on any atom is 0.162 e. The van der Waals surface area contributed by atoms with Crippen molar-refractivity contribution in [2.75, 3.05) is 26.2 Å². The van der Waals surface area contributed by atoms with Gasteiger partial charge >= 0.3 is 0 Å². The van der Waals surface area contributed by atoms with Gasteiger partial charge in [-0.05, 0) is 42.7 Å². The summed E-state index contributed by atoms with van der Waals surface area (Å²) >= 11 is 0. The molecule has 140 valence electrons. The van der Waals surface area contributed by atoms with Crippen molar-refractivity contribution in [3.63, 3.8) is 0 Å². The molecule has 1 aliphatic rings. The van der Waals surface area contributed by atoms with Gasteiger partial charge in [-0.1, -0.05) is 36.4 Å². The van der Waals surface area contributed by atoms with Crippen molar-refractivity contribution in [1.82, 2.24) is 0 Å². The first kappa shape index (κ1) is 18.8. The molecular formula is C23H26N2O2. The number of benzene rings is 2. The average molecular weight is 362 g/mol. The van der Waals surface area contributed by atoms with Crippen molar-refractivity contribution in [2.24, 2.45) is 0 Å². The van der Waals surface area contributed by atoms with Crippen LogP contribution in [0.4, 0.5) is 5.69 Å². The van der Waals surface area contributed by atoms with Crippen molar-refractivity contribution in [3.05, 3.63) is 77.5 Å². The maximum atomic E-state index is 7.25. The Balaban J connectivity index is 2.19. The summed E-state index contributed by atoms with van der Waals surface area (Å²) in [4.78, 5) is 2.20. The van der Waals surface area contributed by atoms with E-state index < -0.39 is 0 Å². The zero-order valence-corrected chi connectivity index (χ0v) is 16.3. The molecule has 0 spiro atoms. The van der Waals surface area contributed by atoms with E-state index >= 15 is 0 Å². The molecule has 0 aromatic heterocycles. The van der Waals surface area contributed by atoms with E-state index in [4.69, 9.17) is 14.9 Å². The van der Waals surface area contributed by atoms with Crippen LogP contribution in [0.5, 0.6) is 11.5 Å². The van der Waals surface area contributed by atoms with Gasteiger partial charge in [0.2, 0.25) is 0 Å². The molecule has 2 aromatic rings. The lowest BCUT2D eigenvalue weighted by atomic mass is 9.76. The van der Waals surface area contributed by atoms with Gasteiger partial charge < -0.3 is 19.8 Å². The Hall–Kier alpha value is -3.01. The molecule has 0 fully saturated rings. The predicted molar refractivity (Wildman–Crippen MR) is 111 cm³/mol. The van der Waals surface area contributed by atoms with Crippen LogP contribution in [0.15, 0.2) is 66.4 Å². The Morgan fingerprint density at radius 3 is 2.33 bits per heavy atom. The van der Waals surface area contributed by atoms with Crippen LogP contribution in [0, 0.1) is 5.41 Å². The Labute approximate surface area is 161 Å². The second-order valence-corrected chi connectivity index (χ2v) is 6.88. The number of anilines is 1. The standard InChI is InChI=1S/C23H26N2O2/c1-23(16-17-10-6-5-7-11-17)18-14-20(26-3)21(27-4)15-19(18)25(2)22(23)12-8-9-13-24/h5-15,24H,16H2,1-4H3/b9-8+,22-12-,24-13?. The lowest BCUT2D eigenvalue weighted by Gasteiger charge is -2.29. The smallest absolute Gasteiger partial charge is 0.162 e. The van der Waals surface area contributed by atoms with E-state index in [1.807, 2.05) is 18.2 Å². The average Bonchev–Trinajstić information content (AvgIpc) is 2.88. The zero-order chi connectivity index (χ0) is 19.4. The summed E-state index contributed by atoms with van der Waals surface area (Å²) in [7, 11) is 5.40. The molecule has 1 atom stereocenters. The summed E-state index contributed by atoms with van der Waals surface area (Å²) in [6.07, 6.45) is 7.90. The summed E-state index contributed by atoms with van der Waals surface area (Å²) in [5.74, 6) is 1.46. The highest BCUT2D eigenvalue weighted by molar-refractivity contribution is 5.75. The molecule has 3 rings (SSSR count). The summed E-state index contributed by atoms with van der Waals surface area (Å²) < 4.78 is 11.1. The molecule has 0 bridgehead atoms. The van der Waals surface area contributed by atoms with E-state index in [9.17, 15) is 0 Å². The quantitative estimate of drug-likeness (QED) is 0.755. The lowest BCUT2D eigenvalue weighted by molar-refractivity contribution is 0.354. The van der Waals surface area contributed by atoms with Crippen molar-refractivity contribution < 1.29 is 9.47 Å². The van der Waals surface area contributed by atoms with Crippen LogP contribution in [0.1, 0.15) is 18.1 Å². The van der Waals surface area contributed by atoms with Crippen LogP contribution in [-0.4, -0.2) is 27.5 Å². The number of fused-ring (bicyclic) bond motifs is 1. The van der Waals surface area contributed by atoms with Crippen molar-refractivity contribution in [2.45, 2.75) is 18.8 Å². The molecule has 4 nitrogen and oxygen atoms in total. The third-order valence-electron chi connectivity index (χ3n) is 5.25. The molecule has 0 radical (unpaired) electrons. The fourth-order valence-electron chi connectivity index (χ4n) is 3.91. The summed E-state index contributed by atoms with van der Waals surface area (Å²) in [5, 5.41) is 7.25. The summed E-state index contributed by atoms with van der Waals surface area (Å²) in [6.45, 7) is 2.26. The van der Waals surface area contributed by atoms with Gasteiger partial charge in [0.15, 0.2) is 11.5 Å². The molecule has 4 heteroatoms. The van der Waals surface area contributed by atoms with Gasteiger partial charge in [0.1, 0.15) is 0 Å². The van der Waals surface area contributed by atoms with Gasteiger partial charge in [0.25, 0.3) is 0 Å². The number of rotatable bonds is 6. The normalized spacial score (nSPS) is 20.1. The van der Waals surface area contributed by atoms with Crippen LogP contribution in [0.2, 0.25) is 0 Å². The minimum atomic E-state index is -0.225. The number of allylic oxidation sites excluding steroid dienone is 4. The van der Waals surface area contributed by atoms with Crippen LogP contribution >= 0.6 is 0 Å². The highest BCUT2D eigenvalue weighted by Crippen LogP contribution is 2.52. The molecule has 27 heavy (non-hydrogen) atoms. The minimum Gasteiger partial charge on any atom is -0.493 e. The molecule has 0 aliphatic carbocycles. The summed E-state index contributed by atoms with van der Waals surface area (Å²) in [6, 6.07) is 14.6. The lowest BCUT2D eigenvalue weighted by Crippen LogP contribution is -2.28.